The maximum Gasteiger partial charge on any atom is 0.236 e. The van der Waals surface area contributed by atoms with Crippen molar-refractivity contribution in [1.29, 1.82) is 0 Å². The van der Waals surface area contributed by atoms with E-state index >= 15 is 0 Å². The topological polar surface area (TPSA) is 44.8 Å². The first-order valence-corrected chi connectivity index (χ1v) is 6.88. The molecule has 2 rings (SSSR count). The SMILES string of the molecule is CN1CCN(C(=O)CNC2(C)CCCOC2)CC1. The predicted molar refractivity (Wildman–Crippen MR) is 70.5 cm³/mol. The summed E-state index contributed by atoms with van der Waals surface area (Å²) in [5.41, 5.74) is -0.0273. The van der Waals surface area contributed by atoms with Crippen molar-refractivity contribution in [2.75, 3.05) is 53.0 Å². The molecule has 1 atom stereocenters. The molecule has 104 valence electrons. The number of carbonyl (C=O) groups is 1. The van der Waals surface area contributed by atoms with E-state index < -0.39 is 0 Å². The van der Waals surface area contributed by atoms with Gasteiger partial charge >= 0.3 is 0 Å². The highest BCUT2D eigenvalue weighted by atomic mass is 16.5. The molecule has 2 aliphatic heterocycles. The molecule has 2 fully saturated rings. The number of nitrogens with one attached hydrogen (secondary N) is 1. The fourth-order valence-corrected chi connectivity index (χ4v) is 2.53. The second-order valence-corrected chi connectivity index (χ2v) is 5.75. The van der Waals surface area contributed by atoms with E-state index in [1.807, 2.05) is 4.90 Å². The largest absolute Gasteiger partial charge is 0.380 e. The fourth-order valence-electron chi connectivity index (χ4n) is 2.53. The minimum Gasteiger partial charge on any atom is -0.380 e. The van der Waals surface area contributed by atoms with E-state index in [1.54, 1.807) is 0 Å². The highest BCUT2D eigenvalue weighted by molar-refractivity contribution is 5.78. The minimum absolute atomic E-state index is 0.0273. The first-order valence-electron chi connectivity index (χ1n) is 6.88. The molecule has 0 aromatic rings. The highest BCUT2D eigenvalue weighted by Crippen LogP contribution is 2.17. The minimum atomic E-state index is -0.0273. The van der Waals surface area contributed by atoms with Crippen molar-refractivity contribution >= 4 is 5.91 Å². The standard InChI is InChI=1S/C13H25N3O2/c1-13(4-3-9-18-11-13)14-10-12(17)16-7-5-15(2)6-8-16/h14H,3-11H2,1-2H3. The van der Waals surface area contributed by atoms with E-state index in [2.05, 4.69) is 24.2 Å². The van der Waals surface area contributed by atoms with E-state index in [-0.39, 0.29) is 11.4 Å². The quantitative estimate of drug-likeness (QED) is 0.766. The van der Waals surface area contributed by atoms with Crippen LogP contribution in [-0.4, -0.2) is 74.2 Å². The third-order valence-corrected chi connectivity index (χ3v) is 3.96. The van der Waals surface area contributed by atoms with Crippen LogP contribution in [0, 0.1) is 0 Å². The molecular weight excluding hydrogens is 230 g/mol. The van der Waals surface area contributed by atoms with Crippen LogP contribution in [0.2, 0.25) is 0 Å². The van der Waals surface area contributed by atoms with Gasteiger partial charge in [-0.25, -0.2) is 0 Å². The van der Waals surface area contributed by atoms with Gasteiger partial charge in [0.1, 0.15) is 0 Å². The van der Waals surface area contributed by atoms with E-state index in [4.69, 9.17) is 4.74 Å². The highest BCUT2D eigenvalue weighted by Gasteiger charge is 2.28. The molecule has 1 amide bonds. The number of rotatable bonds is 3. The zero-order valence-corrected chi connectivity index (χ0v) is 11.6. The number of ether oxygens (including phenoxy) is 1. The summed E-state index contributed by atoms with van der Waals surface area (Å²) in [6.45, 7) is 7.80. The monoisotopic (exact) mass is 255 g/mol. The Balaban J connectivity index is 1.74. The zero-order chi connectivity index (χ0) is 13.0. The van der Waals surface area contributed by atoms with Gasteiger partial charge in [-0.3, -0.25) is 4.79 Å². The second-order valence-electron chi connectivity index (χ2n) is 5.75. The summed E-state index contributed by atoms with van der Waals surface area (Å²) in [4.78, 5) is 16.3. The van der Waals surface area contributed by atoms with Gasteiger partial charge in [-0.05, 0) is 26.8 Å². The van der Waals surface area contributed by atoms with Crippen LogP contribution in [0.5, 0.6) is 0 Å². The molecule has 18 heavy (non-hydrogen) atoms. The maximum absolute atomic E-state index is 12.1. The lowest BCUT2D eigenvalue weighted by atomic mass is 9.95. The van der Waals surface area contributed by atoms with Crippen LogP contribution in [0.25, 0.3) is 0 Å². The van der Waals surface area contributed by atoms with E-state index in [0.29, 0.717) is 13.2 Å². The molecule has 0 radical (unpaired) electrons. The lowest BCUT2D eigenvalue weighted by Gasteiger charge is -2.36. The molecular formula is C13H25N3O2. The summed E-state index contributed by atoms with van der Waals surface area (Å²) in [5.74, 6) is 0.217. The number of likely N-dealkylation sites (N-methyl/N-ethyl adjacent to an activating group) is 1. The van der Waals surface area contributed by atoms with Gasteiger partial charge < -0.3 is 19.9 Å². The number of piperazine rings is 1. The molecule has 5 nitrogen and oxygen atoms in total. The van der Waals surface area contributed by atoms with Crippen LogP contribution < -0.4 is 5.32 Å². The van der Waals surface area contributed by atoms with Crippen LogP contribution in [0.1, 0.15) is 19.8 Å². The summed E-state index contributed by atoms with van der Waals surface area (Å²) in [7, 11) is 2.10. The molecule has 0 aromatic heterocycles. The maximum atomic E-state index is 12.1. The molecule has 5 heteroatoms. The van der Waals surface area contributed by atoms with Crippen LogP contribution >= 0.6 is 0 Å². The lowest BCUT2D eigenvalue weighted by Crippen LogP contribution is -2.55. The molecule has 0 spiro atoms. The Bertz CT molecular complexity index is 282. The molecule has 0 aromatic carbocycles. The Labute approximate surface area is 109 Å². The first kappa shape index (κ1) is 13.8. The van der Waals surface area contributed by atoms with Crippen LogP contribution in [0.15, 0.2) is 0 Å². The number of amides is 1. The van der Waals surface area contributed by atoms with Gasteiger partial charge in [0, 0.05) is 38.3 Å². The van der Waals surface area contributed by atoms with E-state index in [0.717, 1.165) is 45.6 Å². The average molecular weight is 255 g/mol. The molecule has 2 saturated heterocycles. The van der Waals surface area contributed by atoms with Gasteiger partial charge in [-0.2, -0.15) is 0 Å². The summed E-state index contributed by atoms with van der Waals surface area (Å²) in [6.07, 6.45) is 2.16. The van der Waals surface area contributed by atoms with Crippen molar-refractivity contribution in [3.8, 4) is 0 Å². The average Bonchev–Trinajstić information content (AvgIpc) is 2.38. The summed E-state index contributed by atoms with van der Waals surface area (Å²) in [6, 6.07) is 0. The van der Waals surface area contributed by atoms with Gasteiger partial charge in [0.15, 0.2) is 0 Å². The Morgan fingerprint density at radius 3 is 2.67 bits per heavy atom. The normalized spacial score (nSPS) is 30.4. The number of hydrogen-bond donors (Lipinski definition) is 1. The number of nitrogens with zero attached hydrogens (tertiary/aromatic N) is 2. The third kappa shape index (κ3) is 3.67. The van der Waals surface area contributed by atoms with Crippen LogP contribution in [0.3, 0.4) is 0 Å². The molecule has 1 unspecified atom stereocenters. The Hall–Kier alpha value is -0.650. The van der Waals surface area contributed by atoms with Gasteiger partial charge in [0.05, 0.1) is 13.2 Å². The Kier molecular flexibility index (Phi) is 4.59. The summed E-state index contributed by atoms with van der Waals surface area (Å²) >= 11 is 0. The van der Waals surface area contributed by atoms with Crippen molar-refractivity contribution in [2.45, 2.75) is 25.3 Å². The van der Waals surface area contributed by atoms with Gasteiger partial charge in [0.25, 0.3) is 0 Å². The van der Waals surface area contributed by atoms with Crippen LogP contribution in [0.4, 0.5) is 0 Å². The van der Waals surface area contributed by atoms with Crippen molar-refractivity contribution in [3.63, 3.8) is 0 Å². The third-order valence-electron chi connectivity index (χ3n) is 3.96. The second kappa shape index (κ2) is 5.99. The fraction of sp³-hybridized carbons (Fsp3) is 0.923. The molecule has 2 heterocycles. The summed E-state index contributed by atoms with van der Waals surface area (Å²) < 4.78 is 5.48. The van der Waals surface area contributed by atoms with Crippen molar-refractivity contribution in [2.24, 2.45) is 0 Å². The molecule has 0 aliphatic carbocycles. The zero-order valence-electron chi connectivity index (χ0n) is 11.6. The van der Waals surface area contributed by atoms with Gasteiger partial charge in [-0.1, -0.05) is 0 Å². The summed E-state index contributed by atoms with van der Waals surface area (Å²) in [5, 5.41) is 3.38. The molecule has 0 saturated carbocycles. The first-order chi connectivity index (χ1) is 8.59. The van der Waals surface area contributed by atoms with Gasteiger partial charge in [-0.15, -0.1) is 0 Å². The molecule has 1 N–H and O–H groups in total. The van der Waals surface area contributed by atoms with Crippen LogP contribution in [-0.2, 0) is 9.53 Å². The van der Waals surface area contributed by atoms with Crippen molar-refractivity contribution in [3.05, 3.63) is 0 Å². The Morgan fingerprint density at radius 1 is 1.33 bits per heavy atom. The van der Waals surface area contributed by atoms with Crippen molar-refractivity contribution in [1.82, 2.24) is 15.1 Å². The van der Waals surface area contributed by atoms with Gasteiger partial charge in [0.2, 0.25) is 5.91 Å². The smallest absolute Gasteiger partial charge is 0.236 e. The predicted octanol–water partition coefficient (Wildman–Crippen LogP) is -0.0809. The van der Waals surface area contributed by atoms with E-state index in [9.17, 15) is 4.79 Å². The molecule has 0 bridgehead atoms. The number of hydrogen-bond acceptors (Lipinski definition) is 4. The number of carbonyl (C=O) groups excluding carboxylic acids is 1. The molecule has 2 aliphatic rings. The van der Waals surface area contributed by atoms with E-state index in [1.165, 1.54) is 0 Å². The Morgan fingerprint density at radius 2 is 2.06 bits per heavy atom. The lowest BCUT2D eigenvalue weighted by molar-refractivity contribution is -0.132. The van der Waals surface area contributed by atoms with Crippen molar-refractivity contribution < 1.29 is 9.53 Å².